The summed E-state index contributed by atoms with van der Waals surface area (Å²) in [5.41, 5.74) is -0.499. The van der Waals surface area contributed by atoms with E-state index >= 15 is 0 Å². The zero-order valence-corrected chi connectivity index (χ0v) is 7.58. The molecule has 0 fully saturated rings. The molecule has 2 N–H and O–H groups in total. The normalized spacial score (nSPS) is 10.6. The van der Waals surface area contributed by atoms with Crippen LogP contribution < -0.4 is 9.32 Å². The molecule has 1 aromatic carbocycles. The summed E-state index contributed by atoms with van der Waals surface area (Å²) < 4.78 is 38.1. The van der Waals surface area contributed by atoms with Gasteiger partial charge >= 0.3 is 10.3 Å². The molecule has 0 aliphatic carbocycles. The predicted octanol–water partition coefficient (Wildman–Crippen LogP) is 0.280. The molecular weight excluding hydrogens is 211 g/mol. The Kier molecular flexibility index (Phi) is 2.69. The van der Waals surface area contributed by atoms with Crippen molar-refractivity contribution >= 4 is 10.3 Å². The van der Waals surface area contributed by atoms with Crippen molar-refractivity contribution in [2.75, 3.05) is 0 Å². The standard InChI is InChI=1S/C7H5FN2O3S/c8-6-2-1-3-7(5(6)4-9)13-14(10,11)12/h1-3H,(H2,10,11,12). The summed E-state index contributed by atoms with van der Waals surface area (Å²) in [6, 6.07) is 4.81. The number of benzene rings is 1. The molecular formula is C7H5FN2O3S. The smallest absolute Gasteiger partial charge is 0.370 e. The van der Waals surface area contributed by atoms with Gasteiger partial charge in [-0.3, -0.25) is 0 Å². The molecule has 0 aliphatic heterocycles. The van der Waals surface area contributed by atoms with E-state index in [1.54, 1.807) is 0 Å². The number of nitrogens with two attached hydrogens (primary N) is 1. The first-order valence-corrected chi connectivity index (χ1v) is 4.82. The van der Waals surface area contributed by atoms with Crippen LogP contribution in [0, 0.1) is 17.1 Å². The van der Waals surface area contributed by atoms with Crippen LogP contribution in [-0.4, -0.2) is 8.42 Å². The fourth-order valence-electron chi connectivity index (χ4n) is 0.807. The fourth-order valence-corrected chi connectivity index (χ4v) is 1.20. The topological polar surface area (TPSA) is 93.2 Å². The monoisotopic (exact) mass is 216 g/mol. The third-order valence-corrected chi connectivity index (χ3v) is 1.70. The molecule has 5 nitrogen and oxygen atoms in total. The van der Waals surface area contributed by atoms with Gasteiger partial charge in [-0.05, 0) is 12.1 Å². The van der Waals surface area contributed by atoms with Gasteiger partial charge in [0.2, 0.25) is 0 Å². The zero-order valence-electron chi connectivity index (χ0n) is 6.77. The molecule has 14 heavy (non-hydrogen) atoms. The number of nitriles is 1. The zero-order chi connectivity index (χ0) is 10.8. The highest BCUT2D eigenvalue weighted by molar-refractivity contribution is 7.84. The largest absolute Gasteiger partial charge is 0.380 e. The summed E-state index contributed by atoms with van der Waals surface area (Å²) >= 11 is 0. The lowest BCUT2D eigenvalue weighted by Gasteiger charge is -2.03. The van der Waals surface area contributed by atoms with Crippen molar-refractivity contribution < 1.29 is 17.0 Å². The van der Waals surface area contributed by atoms with E-state index in [2.05, 4.69) is 9.32 Å². The molecule has 74 valence electrons. The molecule has 0 spiro atoms. The maximum absolute atomic E-state index is 12.9. The summed E-state index contributed by atoms with van der Waals surface area (Å²) in [7, 11) is -4.24. The lowest BCUT2D eigenvalue weighted by Crippen LogP contribution is -2.19. The fraction of sp³-hybridized carbons (Fsp3) is 0. The Bertz CT molecular complexity index is 492. The van der Waals surface area contributed by atoms with Gasteiger partial charge < -0.3 is 4.18 Å². The first-order chi connectivity index (χ1) is 6.44. The second kappa shape index (κ2) is 3.61. The molecule has 0 bridgehead atoms. The van der Waals surface area contributed by atoms with E-state index < -0.39 is 27.4 Å². The summed E-state index contributed by atoms with van der Waals surface area (Å²) in [5.74, 6) is -1.29. The summed E-state index contributed by atoms with van der Waals surface area (Å²) in [5, 5.41) is 13.0. The minimum atomic E-state index is -4.24. The Balaban J connectivity index is 3.24. The second-order valence-corrected chi connectivity index (χ2v) is 3.45. The van der Waals surface area contributed by atoms with Gasteiger partial charge in [-0.15, -0.1) is 0 Å². The maximum Gasteiger partial charge on any atom is 0.380 e. The average molecular weight is 216 g/mol. The Morgan fingerprint density at radius 3 is 2.64 bits per heavy atom. The van der Waals surface area contributed by atoms with E-state index in [9.17, 15) is 12.8 Å². The summed E-state index contributed by atoms with van der Waals surface area (Å²) in [6.45, 7) is 0. The van der Waals surface area contributed by atoms with Gasteiger partial charge in [0.05, 0.1) is 0 Å². The molecule has 0 aliphatic rings. The van der Waals surface area contributed by atoms with Gasteiger partial charge in [0, 0.05) is 0 Å². The lowest BCUT2D eigenvalue weighted by molar-refractivity contribution is 0.483. The van der Waals surface area contributed by atoms with Crippen LogP contribution in [0.4, 0.5) is 4.39 Å². The quantitative estimate of drug-likeness (QED) is 0.768. The van der Waals surface area contributed by atoms with E-state index in [0.717, 1.165) is 12.1 Å². The summed E-state index contributed by atoms with van der Waals surface area (Å²) in [4.78, 5) is 0. The average Bonchev–Trinajstić information content (AvgIpc) is 2.01. The molecule has 0 amide bonds. The Morgan fingerprint density at radius 2 is 2.14 bits per heavy atom. The number of rotatable bonds is 2. The first kappa shape index (κ1) is 10.4. The van der Waals surface area contributed by atoms with Gasteiger partial charge in [0.1, 0.15) is 17.4 Å². The van der Waals surface area contributed by atoms with Crippen LogP contribution in [0.5, 0.6) is 5.75 Å². The molecule has 0 saturated heterocycles. The Labute approximate surface area is 79.8 Å². The molecule has 0 aromatic heterocycles. The van der Waals surface area contributed by atoms with Gasteiger partial charge in [0.25, 0.3) is 0 Å². The molecule has 1 rings (SSSR count). The molecule has 1 aromatic rings. The van der Waals surface area contributed by atoms with Crippen LogP contribution in [0.25, 0.3) is 0 Å². The van der Waals surface area contributed by atoms with Crippen molar-refractivity contribution in [1.82, 2.24) is 0 Å². The van der Waals surface area contributed by atoms with Crippen LogP contribution in [0.3, 0.4) is 0 Å². The second-order valence-electron chi connectivity index (χ2n) is 2.30. The summed E-state index contributed by atoms with van der Waals surface area (Å²) in [6.07, 6.45) is 0. The van der Waals surface area contributed by atoms with Crippen molar-refractivity contribution in [2.24, 2.45) is 5.14 Å². The van der Waals surface area contributed by atoms with Crippen LogP contribution in [0.2, 0.25) is 0 Å². The predicted molar refractivity (Wildman–Crippen MR) is 44.9 cm³/mol. The minimum absolute atomic E-state index is 0.421. The van der Waals surface area contributed by atoms with Gasteiger partial charge in [-0.25, -0.2) is 4.39 Å². The van der Waals surface area contributed by atoms with Gasteiger partial charge in [-0.2, -0.15) is 18.8 Å². The first-order valence-electron chi connectivity index (χ1n) is 3.35. The molecule has 0 saturated carbocycles. The van der Waals surface area contributed by atoms with Crippen molar-refractivity contribution in [2.45, 2.75) is 0 Å². The maximum atomic E-state index is 12.9. The van der Waals surface area contributed by atoms with Crippen molar-refractivity contribution in [3.8, 4) is 11.8 Å². The number of hydrogen-bond acceptors (Lipinski definition) is 4. The Morgan fingerprint density at radius 1 is 1.50 bits per heavy atom. The highest BCUT2D eigenvalue weighted by atomic mass is 32.2. The molecule has 0 heterocycles. The van der Waals surface area contributed by atoms with Crippen LogP contribution in [-0.2, 0) is 10.3 Å². The third kappa shape index (κ3) is 2.42. The third-order valence-electron chi connectivity index (χ3n) is 1.29. The molecule has 0 radical (unpaired) electrons. The Hall–Kier alpha value is -1.65. The van der Waals surface area contributed by atoms with Crippen LogP contribution in [0.15, 0.2) is 18.2 Å². The number of nitrogens with zero attached hydrogens (tertiary/aromatic N) is 1. The molecule has 0 atom stereocenters. The van der Waals surface area contributed by atoms with Crippen molar-refractivity contribution in [1.29, 1.82) is 5.26 Å². The SMILES string of the molecule is N#Cc1c(F)cccc1OS(N)(=O)=O. The number of hydrogen-bond donors (Lipinski definition) is 1. The van der Waals surface area contributed by atoms with E-state index in [1.807, 2.05) is 0 Å². The van der Waals surface area contributed by atoms with Crippen molar-refractivity contribution in [3.05, 3.63) is 29.6 Å². The number of halogens is 1. The highest BCUT2D eigenvalue weighted by Crippen LogP contribution is 2.20. The van der Waals surface area contributed by atoms with Gasteiger partial charge in [-0.1, -0.05) is 6.07 Å². The van der Waals surface area contributed by atoms with Crippen molar-refractivity contribution in [3.63, 3.8) is 0 Å². The van der Waals surface area contributed by atoms with Crippen LogP contribution in [0.1, 0.15) is 5.56 Å². The van der Waals surface area contributed by atoms with E-state index in [0.29, 0.717) is 0 Å². The lowest BCUT2D eigenvalue weighted by atomic mass is 10.2. The van der Waals surface area contributed by atoms with E-state index in [4.69, 9.17) is 5.26 Å². The van der Waals surface area contributed by atoms with E-state index in [-0.39, 0.29) is 0 Å². The minimum Gasteiger partial charge on any atom is -0.370 e. The molecule has 0 unspecified atom stereocenters. The molecule has 7 heteroatoms. The highest BCUT2D eigenvalue weighted by Gasteiger charge is 2.13. The van der Waals surface area contributed by atoms with E-state index in [1.165, 1.54) is 12.1 Å². The van der Waals surface area contributed by atoms with Gasteiger partial charge in [0.15, 0.2) is 5.75 Å². The van der Waals surface area contributed by atoms with Crippen LogP contribution >= 0.6 is 0 Å².